The first kappa shape index (κ1) is 18.4. The van der Waals surface area contributed by atoms with E-state index in [0.29, 0.717) is 10.6 Å². The number of nitrogens with zero attached hydrogens (tertiary/aromatic N) is 2. The van der Waals surface area contributed by atoms with Gasteiger partial charge < -0.3 is 5.11 Å². The number of nitro groups is 1. The van der Waals surface area contributed by atoms with Gasteiger partial charge in [0.15, 0.2) is 15.6 Å². The van der Waals surface area contributed by atoms with E-state index >= 15 is 0 Å². The average Bonchev–Trinajstić information content (AvgIpc) is 2.55. The van der Waals surface area contributed by atoms with Gasteiger partial charge in [-0.25, -0.2) is 8.42 Å². The molecule has 128 valence electrons. The molecule has 1 N–H and O–H groups in total. The molecule has 9 heteroatoms. The summed E-state index contributed by atoms with van der Waals surface area (Å²) in [5.41, 5.74) is -0.0240. The van der Waals surface area contributed by atoms with Gasteiger partial charge in [-0.05, 0) is 35.4 Å². The van der Waals surface area contributed by atoms with Crippen molar-refractivity contribution in [1.82, 2.24) is 0 Å². The number of hydrogen-bond acceptors (Lipinski definition) is 6. The van der Waals surface area contributed by atoms with Crippen LogP contribution in [0.15, 0.2) is 47.4 Å². The molecule has 0 aliphatic carbocycles. The topological polar surface area (TPSA) is 121 Å². The summed E-state index contributed by atoms with van der Waals surface area (Å²) in [6, 6.07) is 11.0. The number of nitriles is 1. The molecule has 0 radical (unpaired) electrons. The summed E-state index contributed by atoms with van der Waals surface area (Å²) in [4.78, 5) is 9.48. The summed E-state index contributed by atoms with van der Waals surface area (Å²) >= 11 is 5.74. The maximum atomic E-state index is 12.4. The van der Waals surface area contributed by atoms with Crippen LogP contribution in [0.3, 0.4) is 0 Å². The first-order valence-corrected chi connectivity index (χ1v) is 8.82. The van der Waals surface area contributed by atoms with Crippen molar-refractivity contribution in [3.8, 4) is 11.8 Å². The fraction of sp³-hybridized carbons (Fsp3) is 0.0625. The van der Waals surface area contributed by atoms with Crippen LogP contribution in [-0.2, 0) is 15.6 Å². The minimum Gasteiger partial charge on any atom is -0.502 e. The predicted octanol–water partition coefficient (Wildman–Crippen LogP) is 3.43. The third kappa shape index (κ3) is 4.56. The average molecular weight is 379 g/mol. The highest BCUT2D eigenvalue weighted by Gasteiger charge is 2.20. The molecule has 0 spiro atoms. The molecule has 2 aromatic rings. The first-order valence-electron chi connectivity index (χ1n) is 6.79. The quantitative estimate of drug-likeness (QED) is 0.483. The zero-order chi connectivity index (χ0) is 18.6. The minimum absolute atomic E-state index is 0.112. The van der Waals surface area contributed by atoms with E-state index in [2.05, 4.69) is 0 Å². The number of rotatable bonds is 5. The van der Waals surface area contributed by atoms with Gasteiger partial charge in [-0.1, -0.05) is 29.8 Å². The molecule has 0 heterocycles. The summed E-state index contributed by atoms with van der Waals surface area (Å²) in [6.45, 7) is 0. The summed E-state index contributed by atoms with van der Waals surface area (Å²) in [7, 11) is -3.96. The van der Waals surface area contributed by atoms with Crippen LogP contribution < -0.4 is 0 Å². The van der Waals surface area contributed by atoms with E-state index in [1.54, 1.807) is 6.07 Å². The molecular weight excluding hydrogens is 368 g/mol. The zero-order valence-electron chi connectivity index (χ0n) is 12.6. The van der Waals surface area contributed by atoms with Gasteiger partial charge in [-0.15, -0.1) is 0 Å². The van der Waals surface area contributed by atoms with Crippen LogP contribution in [-0.4, -0.2) is 18.4 Å². The smallest absolute Gasteiger partial charge is 0.311 e. The highest BCUT2D eigenvalue weighted by atomic mass is 35.5. The van der Waals surface area contributed by atoms with Crippen molar-refractivity contribution < 1.29 is 18.4 Å². The molecule has 0 aromatic heterocycles. The van der Waals surface area contributed by atoms with Crippen LogP contribution in [0.1, 0.15) is 11.1 Å². The van der Waals surface area contributed by atoms with Gasteiger partial charge in [-0.3, -0.25) is 10.1 Å². The van der Waals surface area contributed by atoms with Crippen LogP contribution in [0, 0.1) is 21.4 Å². The van der Waals surface area contributed by atoms with Gasteiger partial charge >= 0.3 is 5.69 Å². The van der Waals surface area contributed by atoms with E-state index in [1.165, 1.54) is 30.3 Å². The molecule has 0 aliphatic rings. The van der Waals surface area contributed by atoms with Gasteiger partial charge in [-0.2, -0.15) is 5.26 Å². The number of aromatic hydroxyl groups is 1. The fourth-order valence-corrected chi connectivity index (χ4v) is 3.36. The fourth-order valence-electron chi connectivity index (χ4n) is 2.00. The Labute approximate surface area is 148 Å². The molecule has 0 saturated carbocycles. The van der Waals surface area contributed by atoms with Crippen LogP contribution in [0.4, 0.5) is 5.69 Å². The number of halogens is 1. The summed E-state index contributed by atoms with van der Waals surface area (Å²) in [5.74, 6) is -0.964. The van der Waals surface area contributed by atoms with E-state index in [9.17, 15) is 28.9 Å². The molecule has 0 fully saturated rings. The van der Waals surface area contributed by atoms with Crippen LogP contribution in [0.25, 0.3) is 6.08 Å². The SMILES string of the molecule is N#C/C(=C\c1ccc(O)c([N+](=O)[O-])c1)S(=O)(=O)Cc1ccc(Cl)cc1. The van der Waals surface area contributed by atoms with Crippen molar-refractivity contribution in [2.45, 2.75) is 5.75 Å². The number of phenolic OH excluding ortho intramolecular Hbond substituents is 1. The Kier molecular flexibility index (Phi) is 5.41. The lowest BCUT2D eigenvalue weighted by molar-refractivity contribution is -0.385. The second-order valence-electron chi connectivity index (χ2n) is 5.01. The Balaban J connectivity index is 2.39. The molecule has 25 heavy (non-hydrogen) atoms. The monoisotopic (exact) mass is 378 g/mol. The summed E-state index contributed by atoms with van der Waals surface area (Å²) in [5, 5.41) is 29.9. The summed E-state index contributed by atoms with van der Waals surface area (Å²) < 4.78 is 24.8. The third-order valence-corrected chi connectivity index (χ3v) is 5.05. The molecule has 0 amide bonds. The number of sulfone groups is 1. The van der Waals surface area contributed by atoms with Gasteiger partial charge in [0.2, 0.25) is 0 Å². The predicted molar refractivity (Wildman–Crippen MR) is 92.4 cm³/mol. The maximum absolute atomic E-state index is 12.4. The molecule has 0 saturated heterocycles. The Morgan fingerprint density at radius 3 is 2.48 bits per heavy atom. The second kappa shape index (κ2) is 7.34. The number of nitro benzene ring substituents is 1. The molecule has 2 aromatic carbocycles. The van der Waals surface area contributed by atoms with E-state index in [-0.39, 0.29) is 5.56 Å². The third-order valence-electron chi connectivity index (χ3n) is 3.21. The number of benzene rings is 2. The number of phenols is 1. The molecule has 0 aliphatic heterocycles. The molecule has 0 bridgehead atoms. The van der Waals surface area contributed by atoms with Crippen molar-refractivity contribution in [2.75, 3.05) is 0 Å². The van der Waals surface area contributed by atoms with Gasteiger partial charge in [0, 0.05) is 11.1 Å². The van der Waals surface area contributed by atoms with Crippen LogP contribution in [0.2, 0.25) is 5.02 Å². The van der Waals surface area contributed by atoms with Crippen molar-refractivity contribution in [1.29, 1.82) is 5.26 Å². The minimum atomic E-state index is -3.96. The molecule has 0 unspecified atom stereocenters. The Morgan fingerprint density at radius 2 is 1.92 bits per heavy atom. The van der Waals surface area contributed by atoms with Crippen LogP contribution in [0.5, 0.6) is 5.75 Å². The maximum Gasteiger partial charge on any atom is 0.311 e. The van der Waals surface area contributed by atoms with E-state index < -0.39 is 36.9 Å². The second-order valence-corrected chi connectivity index (χ2v) is 7.41. The lowest BCUT2D eigenvalue weighted by atomic mass is 10.2. The van der Waals surface area contributed by atoms with Crippen LogP contribution >= 0.6 is 11.6 Å². The highest BCUT2D eigenvalue weighted by molar-refractivity contribution is 7.95. The first-order chi connectivity index (χ1) is 11.7. The number of allylic oxidation sites excluding steroid dienone is 1. The van der Waals surface area contributed by atoms with Crippen molar-refractivity contribution in [3.63, 3.8) is 0 Å². The highest BCUT2D eigenvalue weighted by Crippen LogP contribution is 2.28. The van der Waals surface area contributed by atoms with Crippen molar-refractivity contribution in [3.05, 3.63) is 73.6 Å². The van der Waals surface area contributed by atoms with Gasteiger partial charge in [0.05, 0.1) is 10.7 Å². The number of hydrogen-bond donors (Lipinski definition) is 1. The van der Waals surface area contributed by atoms with E-state index in [0.717, 1.165) is 18.2 Å². The van der Waals surface area contributed by atoms with Crippen molar-refractivity contribution in [2.24, 2.45) is 0 Å². The lowest BCUT2D eigenvalue weighted by Gasteiger charge is -2.04. The van der Waals surface area contributed by atoms with E-state index in [4.69, 9.17) is 11.6 Å². The van der Waals surface area contributed by atoms with Crippen molar-refractivity contribution >= 4 is 33.2 Å². The Hall–Kier alpha value is -2.89. The normalized spacial score (nSPS) is 11.8. The lowest BCUT2D eigenvalue weighted by Crippen LogP contribution is -2.06. The zero-order valence-corrected chi connectivity index (χ0v) is 14.2. The summed E-state index contributed by atoms with van der Waals surface area (Å²) in [6.07, 6.45) is 1.03. The van der Waals surface area contributed by atoms with Gasteiger partial charge in [0.25, 0.3) is 0 Å². The molecule has 7 nitrogen and oxygen atoms in total. The standard InChI is InChI=1S/C16H11ClN2O5S/c17-13-4-1-11(2-5-13)10-25(23,24)14(9-18)7-12-3-6-16(20)15(8-12)19(21)22/h1-8,20H,10H2/b14-7+. The Morgan fingerprint density at radius 1 is 1.28 bits per heavy atom. The van der Waals surface area contributed by atoms with E-state index in [1.807, 2.05) is 0 Å². The largest absolute Gasteiger partial charge is 0.502 e. The Bertz CT molecular complexity index is 992. The molecule has 2 rings (SSSR count). The molecule has 0 atom stereocenters. The van der Waals surface area contributed by atoms with Gasteiger partial charge in [0.1, 0.15) is 11.0 Å². The molecular formula is C16H11ClN2O5S.